The fourth-order valence-electron chi connectivity index (χ4n) is 2.54. The smallest absolute Gasteiger partial charge is 0.153 e. The van der Waals surface area contributed by atoms with Crippen LogP contribution >= 0.6 is 23.3 Å². The Labute approximate surface area is 131 Å². The predicted molar refractivity (Wildman–Crippen MR) is 89.1 cm³/mol. The Morgan fingerprint density at radius 1 is 1.19 bits per heavy atom. The molecule has 2 heterocycles. The first-order valence-corrected chi connectivity index (χ1v) is 8.74. The molecule has 1 aliphatic heterocycles. The minimum atomic E-state index is -0.155. The van der Waals surface area contributed by atoms with Gasteiger partial charge in [0.2, 0.25) is 0 Å². The number of piperazine rings is 1. The summed E-state index contributed by atoms with van der Waals surface area (Å²) in [6, 6.07) is 6.95. The van der Waals surface area contributed by atoms with Gasteiger partial charge < -0.3 is 15.5 Å². The second-order valence-corrected chi connectivity index (χ2v) is 6.40. The number of thioether (sulfide) groups is 1. The van der Waals surface area contributed by atoms with Gasteiger partial charge in [0.1, 0.15) is 10.8 Å². The van der Waals surface area contributed by atoms with Gasteiger partial charge in [-0.05, 0) is 29.9 Å². The van der Waals surface area contributed by atoms with E-state index in [2.05, 4.69) is 14.2 Å². The van der Waals surface area contributed by atoms with Crippen LogP contribution in [-0.4, -0.2) is 36.8 Å². The largest absolute Gasteiger partial charge is 0.382 e. The first kappa shape index (κ1) is 14.5. The second kappa shape index (κ2) is 6.11. The molecule has 2 aromatic rings. The van der Waals surface area contributed by atoms with Crippen LogP contribution in [0.1, 0.15) is 0 Å². The molecule has 0 radical (unpaired) electrons. The molecule has 2 N–H and O–H groups in total. The Hall–Kier alpha value is -1.47. The molecule has 1 aromatic carbocycles. The molecule has 0 spiro atoms. The van der Waals surface area contributed by atoms with Gasteiger partial charge in [-0.1, -0.05) is 12.1 Å². The molecular weight excluding hydrogens is 307 g/mol. The van der Waals surface area contributed by atoms with Gasteiger partial charge in [-0.3, -0.25) is 0 Å². The molecule has 1 saturated heterocycles. The van der Waals surface area contributed by atoms with Gasteiger partial charge in [0.15, 0.2) is 5.82 Å². The number of rotatable bonds is 3. The highest BCUT2D eigenvalue weighted by molar-refractivity contribution is 7.99. The van der Waals surface area contributed by atoms with Gasteiger partial charge in [-0.25, -0.2) is 4.39 Å². The first-order chi connectivity index (χ1) is 10.2. The Balaban J connectivity index is 1.72. The third kappa shape index (κ3) is 2.80. The van der Waals surface area contributed by atoms with Crippen LogP contribution in [0.4, 0.5) is 20.9 Å². The van der Waals surface area contributed by atoms with Crippen LogP contribution in [0.2, 0.25) is 0 Å². The van der Waals surface area contributed by atoms with Crippen LogP contribution < -0.4 is 15.5 Å². The van der Waals surface area contributed by atoms with E-state index in [9.17, 15) is 4.39 Å². The van der Waals surface area contributed by atoms with Gasteiger partial charge in [0.25, 0.3) is 0 Å². The van der Waals surface area contributed by atoms with E-state index in [1.807, 2.05) is 18.4 Å². The molecule has 7 heteroatoms. The van der Waals surface area contributed by atoms with Gasteiger partial charge >= 0.3 is 0 Å². The van der Waals surface area contributed by atoms with Crippen LogP contribution in [0.15, 0.2) is 29.2 Å². The Morgan fingerprint density at radius 3 is 2.52 bits per heavy atom. The molecule has 0 amide bonds. The van der Waals surface area contributed by atoms with E-state index in [4.69, 9.17) is 5.73 Å². The van der Waals surface area contributed by atoms with Crippen molar-refractivity contribution in [2.45, 2.75) is 4.90 Å². The zero-order valence-electron chi connectivity index (χ0n) is 11.8. The first-order valence-electron chi connectivity index (χ1n) is 6.74. The van der Waals surface area contributed by atoms with Gasteiger partial charge in [0, 0.05) is 26.2 Å². The van der Waals surface area contributed by atoms with Crippen LogP contribution in [-0.2, 0) is 0 Å². The average Bonchev–Trinajstić information content (AvgIpc) is 2.89. The Morgan fingerprint density at radius 2 is 1.86 bits per heavy atom. The summed E-state index contributed by atoms with van der Waals surface area (Å²) in [4.78, 5) is 5.44. The number of nitrogens with zero attached hydrogens (tertiary/aromatic N) is 3. The van der Waals surface area contributed by atoms with Crippen molar-refractivity contribution in [3.63, 3.8) is 0 Å². The molecule has 4 nitrogen and oxygen atoms in total. The normalized spacial score (nSPS) is 15.5. The third-order valence-electron chi connectivity index (χ3n) is 3.62. The maximum absolute atomic E-state index is 13.8. The minimum absolute atomic E-state index is 0.155. The van der Waals surface area contributed by atoms with E-state index >= 15 is 0 Å². The van der Waals surface area contributed by atoms with Gasteiger partial charge in [0.05, 0.1) is 10.6 Å². The molecule has 21 heavy (non-hydrogen) atoms. The molecule has 0 bridgehead atoms. The predicted octanol–water partition coefficient (Wildman–Crippen LogP) is 2.91. The number of hydrogen-bond acceptors (Lipinski definition) is 6. The summed E-state index contributed by atoms with van der Waals surface area (Å²) in [6.07, 6.45) is 2.01. The van der Waals surface area contributed by atoms with Crippen LogP contribution in [0.3, 0.4) is 0 Å². The van der Waals surface area contributed by atoms with E-state index in [1.165, 1.54) is 17.6 Å². The van der Waals surface area contributed by atoms with Crippen LogP contribution in [0, 0.1) is 5.82 Å². The summed E-state index contributed by atoms with van der Waals surface area (Å²) in [7, 11) is 0. The zero-order chi connectivity index (χ0) is 14.8. The zero-order valence-corrected chi connectivity index (χ0v) is 13.4. The monoisotopic (exact) mass is 324 g/mol. The molecule has 1 aromatic heterocycles. The number of para-hydroxylation sites is 1. The molecule has 1 fully saturated rings. The highest BCUT2D eigenvalue weighted by Gasteiger charge is 2.23. The topological polar surface area (TPSA) is 45.4 Å². The Bertz CT molecular complexity index is 623. The summed E-state index contributed by atoms with van der Waals surface area (Å²) >= 11 is 3.07. The lowest BCUT2D eigenvalue weighted by Crippen LogP contribution is -2.46. The Kier molecular flexibility index (Phi) is 4.21. The fraction of sp³-hybridized carbons (Fsp3) is 0.357. The van der Waals surface area contributed by atoms with E-state index in [0.29, 0.717) is 11.5 Å². The van der Waals surface area contributed by atoms with Crippen molar-refractivity contribution in [3.05, 3.63) is 30.1 Å². The highest BCUT2D eigenvalue weighted by atomic mass is 32.2. The highest BCUT2D eigenvalue weighted by Crippen LogP contribution is 2.38. The summed E-state index contributed by atoms with van der Waals surface area (Å²) in [5.74, 6) is 0.455. The van der Waals surface area contributed by atoms with E-state index in [-0.39, 0.29) is 5.82 Å². The summed E-state index contributed by atoms with van der Waals surface area (Å²) in [5, 5.41) is 1.13. The van der Waals surface area contributed by atoms with Crippen molar-refractivity contribution in [2.24, 2.45) is 0 Å². The standard InChI is InChI=1S/C14H17FN4S2/c1-20-12-13(16)17-21-14(12)19-8-6-18(7-9-19)11-5-3-2-4-10(11)15/h2-5H,6-9H2,1H3,(H2,16,17). The lowest BCUT2D eigenvalue weighted by Gasteiger charge is -2.36. The van der Waals surface area contributed by atoms with Crippen molar-refractivity contribution in [3.8, 4) is 0 Å². The summed E-state index contributed by atoms with van der Waals surface area (Å²) < 4.78 is 18.1. The molecule has 0 aliphatic carbocycles. The van der Waals surface area contributed by atoms with Crippen molar-refractivity contribution in [2.75, 3.05) is 48.0 Å². The van der Waals surface area contributed by atoms with Crippen LogP contribution in [0.5, 0.6) is 0 Å². The van der Waals surface area contributed by atoms with Gasteiger partial charge in [-0.2, -0.15) is 4.37 Å². The molecule has 112 valence electrons. The van der Waals surface area contributed by atoms with Gasteiger partial charge in [-0.15, -0.1) is 11.8 Å². The maximum Gasteiger partial charge on any atom is 0.153 e. The summed E-state index contributed by atoms with van der Waals surface area (Å²) in [5.41, 5.74) is 6.57. The van der Waals surface area contributed by atoms with Crippen LogP contribution in [0.25, 0.3) is 0 Å². The molecule has 3 rings (SSSR count). The van der Waals surface area contributed by atoms with Crippen molar-refractivity contribution in [1.82, 2.24) is 4.37 Å². The number of benzene rings is 1. The minimum Gasteiger partial charge on any atom is -0.382 e. The van der Waals surface area contributed by atoms with Crippen molar-refractivity contribution in [1.29, 1.82) is 0 Å². The van der Waals surface area contributed by atoms with E-state index in [0.717, 1.165) is 36.1 Å². The summed E-state index contributed by atoms with van der Waals surface area (Å²) in [6.45, 7) is 3.30. The second-order valence-electron chi connectivity index (χ2n) is 4.83. The maximum atomic E-state index is 13.8. The number of anilines is 3. The SMILES string of the molecule is CSc1c(N)nsc1N1CCN(c2ccccc2F)CC1. The average molecular weight is 324 g/mol. The number of nitrogen functional groups attached to an aromatic ring is 1. The lowest BCUT2D eigenvalue weighted by atomic mass is 10.2. The number of halogens is 1. The fourth-order valence-corrected chi connectivity index (χ4v) is 4.28. The lowest BCUT2D eigenvalue weighted by molar-refractivity contribution is 0.598. The van der Waals surface area contributed by atoms with Crippen molar-refractivity contribution >= 4 is 39.8 Å². The molecular formula is C14H17FN4S2. The quantitative estimate of drug-likeness (QED) is 0.880. The van der Waals surface area contributed by atoms with E-state index in [1.54, 1.807) is 17.8 Å². The number of hydrogen-bond donors (Lipinski definition) is 1. The molecule has 0 unspecified atom stereocenters. The number of nitrogens with two attached hydrogens (primary N) is 1. The van der Waals surface area contributed by atoms with E-state index < -0.39 is 0 Å². The van der Waals surface area contributed by atoms with Crippen molar-refractivity contribution < 1.29 is 4.39 Å². The molecule has 1 aliphatic rings. The molecule has 0 atom stereocenters. The third-order valence-corrected chi connectivity index (χ3v) is 5.48. The number of aromatic nitrogens is 1. The molecule has 0 saturated carbocycles.